The molecule has 1 aromatic rings. The molecule has 3 atom stereocenters. The van der Waals surface area contributed by atoms with E-state index in [1.165, 1.54) is 7.11 Å². The second-order valence-corrected chi connectivity index (χ2v) is 6.90. The van der Waals surface area contributed by atoms with Crippen LogP contribution >= 0.6 is 11.8 Å². The van der Waals surface area contributed by atoms with E-state index < -0.39 is 6.10 Å². The first-order valence-electron chi connectivity index (χ1n) is 7.84. The predicted octanol–water partition coefficient (Wildman–Crippen LogP) is 1.99. The molecule has 0 saturated carbocycles. The standard InChI is InChI=1S/C17H23NO4S/c1-22-15(19)10-6-5-9-14-16(20)13(11-23-14)18-17(21)12-7-3-2-4-8-12/h2-4,7-8,13-14,16,20H,5-6,9-11H2,1H3,(H,18,21)/t13-,14-,16+/m1/s1. The van der Waals surface area contributed by atoms with Gasteiger partial charge in [-0.1, -0.05) is 24.6 Å². The van der Waals surface area contributed by atoms with Crippen molar-refractivity contribution in [2.45, 2.75) is 43.1 Å². The zero-order chi connectivity index (χ0) is 16.7. The van der Waals surface area contributed by atoms with E-state index in [9.17, 15) is 14.7 Å². The molecule has 0 spiro atoms. The fraction of sp³-hybridized carbons (Fsp3) is 0.529. The fourth-order valence-corrected chi connectivity index (χ4v) is 4.08. The third kappa shape index (κ3) is 5.25. The number of aliphatic hydroxyl groups is 1. The maximum atomic E-state index is 12.1. The fourth-order valence-electron chi connectivity index (χ4n) is 2.62. The summed E-state index contributed by atoms with van der Waals surface area (Å²) in [5, 5.41) is 13.4. The summed E-state index contributed by atoms with van der Waals surface area (Å²) in [5.74, 6) is 0.362. The molecule has 6 heteroatoms. The molecule has 0 bridgehead atoms. The lowest BCUT2D eigenvalue weighted by Crippen LogP contribution is -2.44. The zero-order valence-electron chi connectivity index (χ0n) is 13.2. The Hall–Kier alpha value is -1.53. The topological polar surface area (TPSA) is 75.6 Å². The van der Waals surface area contributed by atoms with Crippen molar-refractivity contribution in [1.82, 2.24) is 5.32 Å². The van der Waals surface area contributed by atoms with Crippen LogP contribution in [0.25, 0.3) is 0 Å². The molecular weight excluding hydrogens is 314 g/mol. The van der Waals surface area contributed by atoms with Crippen LogP contribution in [0.15, 0.2) is 30.3 Å². The molecule has 1 aromatic carbocycles. The molecule has 1 saturated heterocycles. The Balaban J connectivity index is 1.74. The van der Waals surface area contributed by atoms with Gasteiger partial charge in [-0.2, -0.15) is 11.8 Å². The Kier molecular flexibility index (Phi) is 6.92. The zero-order valence-corrected chi connectivity index (χ0v) is 14.1. The van der Waals surface area contributed by atoms with Gasteiger partial charge in [0.15, 0.2) is 0 Å². The number of carbonyl (C=O) groups is 2. The summed E-state index contributed by atoms with van der Waals surface area (Å²) in [7, 11) is 1.39. The molecule has 0 aliphatic carbocycles. The highest BCUT2D eigenvalue weighted by atomic mass is 32.2. The van der Waals surface area contributed by atoms with Crippen LogP contribution in [0.5, 0.6) is 0 Å². The quantitative estimate of drug-likeness (QED) is 0.588. The van der Waals surface area contributed by atoms with E-state index in [2.05, 4.69) is 10.1 Å². The highest BCUT2D eigenvalue weighted by Gasteiger charge is 2.35. The highest BCUT2D eigenvalue weighted by Crippen LogP contribution is 2.31. The molecule has 0 radical (unpaired) electrons. The van der Waals surface area contributed by atoms with Gasteiger partial charge in [0.25, 0.3) is 5.91 Å². The van der Waals surface area contributed by atoms with E-state index in [4.69, 9.17) is 0 Å². The summed E-state index contributed by atoms with van der Waals surface area (Å²) in [6.07, 6.45) is 2.32. The van der Waals surface area contributed by atoms with Crippen LogP contribution in [0, 0.1) is 0 Å². The van der Waals surface area contributed by atoms with Crippen LogP contribution in [0.4, 0.5) is 0 Å². The van der Waals surface area contributed by atoms with Gasteiger partial charge in [-0.3, -0.25) is 9.59 Å². The molecule has 1 fully saturated rings. The number of amides is 1. The number of hydrogen-bond donors (Lipinski definition) is 2. The monoisotopic (exact) mass is 337 g/mol. The van der Waals surface area contributed by atoms with Gasteiger partial charge in [0.1, 0.15) is 0 Å². The van der Waals surface area contributed by atoms with Gasteiger partial charge in [-0.15, -0.1) is 0 Å². The van der Waals surface area contributed by atoms with Gasteiger partial charge in [0.2, 0.25) is 0 Å². The maximum Gasteiger partial charge on any atom is 0.305 e. The SMILES string of the molecule is COC(=O)CCCC[C@H]1SC[C@@H](NC(=O)c2ccccc2)[C@@H]1O. The summed E-state index contributed by atoms with van der Waals surface area (Å²) in [6.45, 7) is 0. The van der Waals surface area contributed by atoms with Crippen LogP contribution in [0.2, 0.25) is 0 Å². The molecule has 1 amide bonds. The third-order valence-corrected chi connectivity index (χ3v) is 5.48. The summed E-state index contributed by atoms with van der Waals surface area (Å²) < 4.78 is 4.61. The Morgan fingerprint density at radius 3 is 2.74 bits per heavy atom. The second-order valence-electron chi connectivity index (χ2n) is 5.63. The molecule has 23 heavy (non-hydrogen) atoms. The number of hydrogen-bond acceptors (Lipinski definition) is 5. The Labute approximate surface area is 140 Å². The van der Waals surface area contributed by atoms with E-state index in [0.717, 1.165) is 19.3 Å². The molecule has 2 N–H and O–H groups in total. The molecule has 1 heterocycles. The average molecular weight is 337 g/mol. The van der Waals surface area contributed by atoms with Crippen molar-refractivity contribution in [1.29, 1.82) is 0 Å². The van der Waals surface area contributed by atoms with E-state index in [1.54, 1.807) is 23.9 Å². The molecule has 126 valence electrons. The van der Waals surface area contributed by atoms with Gasteiger partial charge >= 0.3 is 5.97 Å². The number of carbonyl (C=O) groups excluding carboxylic acids is 2. The van der Waals surface area contributed by atoms with Gasteiger partial charge in [0.05, 0.1) is 19.3 Å². The maximum absolute atomic E-state index is 12.1. The number of thioether (sulfide) groups is 1. The lowest BCUT2D eigenvalue weighted by molar-refractivity contribution is -0.140. The van der Waals surface area contributed by atoms with Crippen LogP contribution in [0.1, 0.15) is 36.0 Å². The minimum atomic E-state index is -0.550. The molecule has 1 aliphatic heterocycles. The van der Waals surface area contributed by atoms with Crippen molar-refractivity contribution in [3.63, 3.8) is 0 Å². The molecule has 0 unspecified atom stereocenters. The van der Waals surface area contributed by atoms with Gasteiger partial charge in [-0.05, 0) is 25.0 Å². The summed E-state index contributed by atoms with van der Waals surface area (Å²) in [5.41, 5.74) is 0.603. The normalized spacial score (nSPS) is 23.5. The molecule has 1 aliphatic rings. The smallest absolute Gasteiger partial charge is 0.305 e. The number of nitrogens with one attached hydrogen (secondary N) is 1. The molecule has 0 aromatic heterocycles. The predicted molar refractivity (Wildman–Crippen MR) is 90.4 cm³/mol. The molecular formula is C17H23NO4S. The minimum absolute atomic E-state index is 0.105. The van der Waals surface area contributed by atoms with E-state index >= 15 is 0 Å². The minimum Gasteiger partial charge on any atom is -0.469 e. The Morgan fingerprint density at radius 1 is 1.30 bits per heavy atom. The first kappa shape index (κ1) is 17.8. The van der Waals surface area contributed by atoms with Crippen molar-refractivity contribution in [3.05, 3.63) is 35.9 Å². The number of rotatable bonds is 7. The number of aliphatic hydroxyl groups excluding tert-OH is 1. The van der Waals surface area contributed by atoms with Crippen LogP contribution in [-0.4, -0.2) is 47.2 Å². The van der Waals surface area contributed by atoms with E-state index in [-0.39, 0.29) is 23.2 Å². The van der Waals surface area contributed by atoms with Gasteiger partial charge in [-0.25, -0.2) is 0 Å². The van der Waals surface area contributed by atoms with Crippen molar-refractivity contribution >= 4 is 23.6 Å². The van der Waals surface area contributed by atoms with E-state index in [0.29, 0.717) is 17.7 Å². The van der Waals surface area contributed by atoms with Gasteiger partial charge in [0, 0.05) is 23.0 Å². The summed E-state index contributed by atoms with van der Waals surface area (Å²) in [4.78, 5) is 23.2. The van der Waals surface area contributed by atoms with Crippen LogP contribution in [0.3, 0.4) is 0 Å². The summed E-state index contributed by atoms with van der Waals surface area (Å²) >= 11 is 1.68. The third-order valence-electron chi connectivity index (χ3n) is 3.98. The molecule has 2 rings (SSSR count). The number of methoxy groups -OCH3 is 1. The van der Waals surface area contributed by atoms with Crippen molar-refractivity contribution in [2.75, 3.05) is 12.9 Å². The Bertz CT molecular complexity index is 523. The summed E-state index contributed by atoms with van der Waals surface area (Å²) in [6, 6.07) is 8.79. The number of esters is 1. The first-order valence-corrected chi connectivity index (χ1v) is 8.89. The van der Waals surface area contributed by atoms with Crippen LogP contribution in [-0.2, 0) is 9.53 Å². The lowest BCUT2D eigenvalue weighted by Gasteiger charge is -2.19. The van der Waals surface area contributed by atoms with Gasteiger partial charge < -0.3 is 15.2 Å². The van der Waals surface area contributed by atoms with Crippen molar-refractivity contribution in [3.8, 4) is 0 Å². The second kappa shape index (κ2) is 8.93. The molecule has 5 nitrogen and oxygen atoms in total. The van der Waals surface area contributed by atoms with Crippen LogP contribution < -0.4 is 5.32 Å². The van der Waals surface area contributed by atoms with Crippen molar-refractivity contribution < 1.29 is 19.4 Å². The lowest BCUT2D eigenvalue weighted by atomic mass is 10.0. The van der Waals surface area contributed by atoms with E-state index in [1.807, 2.05) is 18.2 Å². The number of unbranched alkanes of at least 4 members (excludes halogenated alkanes) is 1. The average Bonchev–Trinajstić information content (AvgIpc) is 2.92. The highest BCUT2D eigenvalue weighted by molar-refractivity contribution is 8.00. The Morgan fingerprint density at radius 2 is 2.04 bits per heavy atom. The number of benzene rings is 1. The van der Waals surface area contributed by atoms with Crippen molar-refractivity contribution in [2.24, 2.45) is 0 Å². The number of ether oxygens (including phenoxy) is 1. The first-order chi connectivity index (χ1) is 11.1. The largest absolute Gasteiger partial charge is 0.469 e.